The Morgan fingerprint density at radius 3 is 2.58 bits per heavy atom. The molecule has 1 amide bonds. The molecule has 4 rings (SSSR count). The van der Waals surface area contributed by atoms with Gasteiger partial charge in [0, 0.05) is 25.5 Å². The topological polar surface area (TPSA) is 55.4 Å². The molecule has 136 valence electrons. The Balaban J connectivity index is 1.45. The van der Waals surface area contributed by atoms with Gasteiger partial charge >= 0.3 is 6.18 Å². The monoisotopic (exact) mass is 363 g/mol. The van der Waals surface area contributed by atoms with Gasteiger partial charge in [-0.3, -0.25) is 9.48 Å². The lowest BCUT2D eigenvalue weighted by atomic mass is 10.0. The lowest BCUT2D eigenvalue weighted by Crippen LogP contribution is -2.39. The van der Waals surface area contributed by atoms with Gasteiger partial charge in [0.2, 0.25) is 0 Å². The molecule has 0 atom stereocenters. The number of hydrogen-bond acceptors (Lipinski definition) is 3. The number of alkyl halides is 3. The molecule has 0 spiro atoms. The molecule has 0 bridgehead atoms. The Morgan fingerprint density at radius 1 is 1.12 bits per heavy atom. The third-order valence-electron chi connectivity index (χ3n) is 4.67. The van der Waals surface area contributed by atoms with E-state index in [-0.39, 0.29) is 11.9 Å². The van der Waals surface area contributed by atoms with Crippen LogP contribution in [-0.4, -0.2) is 43.1 Å². The molecule has 0 N–H and O–H groups in total. The Labute approximate surface area is 146 Å². The molecule has 0 saturated carbocycles. The number of nitrogens with zero attached hydrogens (tertiary/aromatic N) is 5. The summed E-state index contributed by atoms with van der Waals surface area (Å²) >= 11 is 0. The van der Waals surface area contributed by atoms with Crippen LogP contribution in [0.2, 0.25) is 0 Å². The van der Waals surface area contributed by atoms with Crippen molar-refractivity contribution in [2.24, 2.45) is 0 Å². The van der Waals surface area contributed by atoms with E-state index in [9.17, 15) is 18.0 Å². The van der Waals surface area contributed by atoms with Crippen molar-refractivity contribution in [2.75, 3.05) is 13.1 Å². The van der Waals surface area contributed by atoms with Gasteiger partial charge < -0.3 is 9.30 Å². The highest BCUT2D eigenvalue weighted by atomic mass is 19.4. The number of carbonyl (C=O) groups is 1. The lowest BCUT2D eigenvalue weighted by Gasteiger charge is -2.31. The smallest absolute Gasteiger partial charge is 0.337 e. The number of rotatable bonds is 2. The zero-order valence-electron chi connectivity index (χ0n) is 13.7. The number of imidazole rings is 1. The summed E-state index contributed by atoms with van der Waals surface area (Å²) in [7, 11) is 0. The number of likely N-dealkylation sites (tertiary alicyclic amines) is 1. The normalized spacial score (nSPS) is 16.3. The molecule has 1 fully saturated rings. The average molecular weight is 363 g/mol. The second kappa shape index (κ2) is 6.15. The predicted octanol–water partition coefficient (Wildman–Crippen LogP) is 3.03. The lowest BCUT2D eigenvalue weighted by molar-refractivity contribution is -0.141. The third kappa shape index (κ3) is 2.93. The minimum Gasteiger partial charge on any atom is -0.337 e. The van der Waals surface area contributed by atoms with E-state index in [1.165, 1.54) is 10.9 Å². The zero-order valence-corrected chi connectivity index (χ0v) is 13.7. The maximum absolute atomic E-state index is 12.7. The average Bonchev–Trinajstić information content (AvgIpc) is 3.28. The Bertz CT molecular complexity index is 937. The Hall–Kier alpha value is -2.84. The molecule has 3 aromatic heterocycles. The van der Waals surface area contributed by atoms with Crippen LogP contribution in [0.5, 0.6) is 0 Å². The quantitative estimate of drug-likeness (QED) is 0.703. The highest BCUT2D eigenvalue weighted by Crippen LogP contribution is 2.30. The fraction of sp³-hybridized carbons (Fsp3) is 0.353. The number of carbonyl (C=O) groups excluding carboxylic acids is 1. The van der Waals surface area contributed by atoms with Gasteiger partial charge in [0.25, 0.3) is 5.91 Å². The summed E-state index contributed by atoms with van der Waals surface area (Å²) in [5, 5.41) is 3.64. The van der Waals surface area contributed by atoms with E-state index in [1.54, 1.807) is 15.6 Å². The molecular formula is C17H16F3N5O. The molecule has 26 heavy (non-hydrogen) atoms. The first-order valence-corrected chi connectivity index (χ1v) is 8.27. The van der Waals surface area contributed by atoms with Gasteiger partial charge in [0.05, 0.1) is 11.6 Å². The number of fused-ring (bicyclic) bond motifs is 1. The number of pyridine rings is 1. The molecule has 9 heteroatoms. The molecular weight excluding hydrogens is 347 g/mol. The van der Waals surface area contributed by atoms with E-state index >= 15 is 0 Å². The van der Waals surface area contributed by atoms with E-state index in [1.807, 2.05) is 24.4 Å². The number of amides is 1. The first-order valence-electron chi connectivity index (χ1n) is 8.27. The molecule has 0 unspecified atom stereocenters. The molecule has 6 nitrogen and oxygen atoms in total. The van der Waals surface area contributed by atoms with Gasteiger partial charge in [-0.2, -0.15) is 18.3 Å². The number of hydrogen-bond donors (Lipinski definition) is 0. The maximum Gasteiger partial charge on any atom is 0.435 e. The van der Waals surface area contributed by atoms with Gasteiger partial charge in [-0.15, -0.1) is 0 Å². The fourth-order valence-electron chi connectivity index (χ4n) is 3.28. The molecule has 4 heterocycles. The van der Waals surface area contributed by atoms with E-state index < -0.39 is 11.9 Å². The van der Waals surface area contributed by atoms with Crippen molar-refractivity contribution in [1.82, 2.24) is 24.1 Å². The second-order valence-electron chi connectivity index (χ2n) is 6.29. The van der Waals surface area contributed by atoms with Crippen LogP contribution in [0.3, 0.4) is 0 Å². The minimum atomic E-state index is -4.44. The van der Waals surface area contributed by atoms with E-state index in [4.69, 9.17) is 0 Å². The molecule has 1 saturated heterocycles. The van der Waals surface area contributed by atoms with Crippen molar-refractivity contribution in [3.8, 4) is 0 Å². The van der Waals surface area contributed by atoms with Gasteiger partial charge in [-0.25, -0.2) is 4.98 Å². The van der Waals surface area contributed by atoms with E-state index in [0.29, 0.717) is 31.6 Å². The Morgan fingerprint density at radius 2 is 1.88 bits per heavy atom. The van der Waals surface area contributed by atoms with Crippen molar-refractivity contribution in [1.29, 1.82) is 0 Å². The summed E-state index contributed by atoms with van der Waals surface area (Å²) in [6.07, 6.45) is 1.43. The van der Waals surface area contributed by atoms with Crippen molar-refractivity contribution >= 4 is 11.4 Å². The van der Waals surface area contributed by atoms with Crippen LogP contribution in [0.4, 0.5) is 13.2 Å². The minimum absolute atomic E-state index is 0.145. The van der Waals surface area contributed by atoms with Gasteiger partial charge in [-0.1, -0.05) is 6.07 Å². The summed E-state index contributed by atoms with van der Waals surface area (Å²) < 4.78 is 41.2. The molecule has 1 aliphatic rings. The molecule has 0 aliphatic carbocycles. The zero-order chi connectivity index (χ0) is 18.3. The standard InChI is InChI=1S/C17H16F3N5O/c18-17(19,20)14-6-10-25(22-14)12-4-8-23(9-5-12)16(26)15-13-3-1-2-7-24(13)11-21-15/h1-3,6-7,10-12H,4-5,8-9H2. The summed E-state index contributed by atoms with van der Waals surface area (Å²) in [4.78, 5) is 18.6. The number of aromatic nitrogens is 4. The SMILES string of the molecule is O=C(c1ncn2ccccc12)N1CCC(n2ccc(C(F)(F)F)n2)CC1. The van der Waals surface area contributed by atoms with Crippen molar-refractivity contribution in [3.63, 3.8) is 0 Å². The summed E-state index contributed by atoms with van der Waals surface area (Å²) in [5.74, 6) is -0.159. The van der Waals surface area contributed by atoms with Crippen LogP contribution in [0.1, 0.15) is 35.1 Å². The summed E-state index contributed by atoms with van der Waals surface area (Å²) in [6.45, 7) is 0.910. The van der Waals surface area contributed by atoms with Crippen LogP contribution in [0.15, 0.2) is 43.0 Å². The maximum atomic E-state index is 12.7. The van der Waals surface area contributed by atoms with Crippen LogP contribution >= 0.6 is 0 Å². The third-order valence-corrected chi connectivity index (χ3v) is 4.67. The van der Waals surface area contributed by atoms with Gasteiger partial charge in [0.1, 0.15) is 6.33 Å². The highest BCUT2D eigenvalue weighted by molar-refractivity contribution is 5.98. The second-order valence-corrected chi connectivity index (χ2v) is 6.29. The van der Waals surface area contributed by atoms with Crippen LogP contribution < -0.4 is 0 Å². The van der Waals surface area contributed by atoms with Crippen molar-refractivity contribution < 1.29 is 18.0 Å². The van der Waals surface area contributed by atoms with E-state index in [0.717, 1.165) is 11.6 Å². The Kier molecular flexibility index (Phi) is 3.93. The van der Waals surface area contributed by atoms with Gasteiger partial charge in [0.15, 0.2) is 11.4 Å². The van der Waals surface area contributed by atoms with E-state index in [2.05, 4.69) is 10.1 Å². The van der Waals surface area contributed by atoms with Crippen LogP contribution in [0.25, 0.3) is 5.52 Å². The first kappa shape index (κ1) is 16.6. The highest BCUT2D eigenvalue weighted by Gasteiger charge is 2.35. The summed E-state index contributed by atoms with van der Waals surface area (Å²) in [5.41, 5.74) is 0.240. The predicted molar refractivity (Wildman–Crippen MR) is 86.6 cm³/mol. The number of piperidine rings is 1. The molecule has 1 aliphatic heterocycles. The fourth-order valence-corrected chi connectivity index (χ4v) is 3.28. The van der Waals surface area contributed by atoms with Crippen LogP contribution in [-0.2, 0) is 6.18 Å². The van der Waals surface area contributed by atoms with Crippen molar-refractivity contribution in [3.05, 3.63) is 54.4 Å². The summed E-state index contributed by atoms with van der Waals surface area (Å²) in [6, 6.07) is 6.36. The molecule has 0 radical (unpaired) electrons. The molecule has 3 aromatic rings. The largest absolute Gasteiger partial charge is 0.435 e. The first-order chi connectivity index (χ1) is 12.4. The van der Waals surface area contributed by atoms with Gasteiger partial charge in [-0.05, 0) is 31.0 Å². The number of halogens is 3. The van der Waals surface area contributed by atoms with Crippen molar-refractivity contribution in [2.45, 2.75) is 25.1 Å². The molecule has 0 aromatic carbocycles. The van der Waals surface area contributed by atoms with Crippen LogP contribution in [0, 0.1) is 0 Å².